The molecular weight excluding hydrogens is 294 g/mol. The van der Waals surface area contributed by atoms with Gasteiger partial charge < -0.3 is 16.0 Å². The first-order chi connectivity index (χ1) is 11.0. The minimum atomic E-state index is -0.378. The van der Waals surface area contributed by atoms with Crippen molar-refractivity contribution in [3.05, 3.63) is 41.2 Å². The smallest absolute Gasteiger partial charge is 0.253 e. The summed E-state index contributed by atoms with van der Waals surface area (Å²) in [4.78, 5) is 24.2. The number of aryl methyl sites for hydroxylation is 1. The monoisotopic (exact) mass is 313 g/mol. The first-order valence-electron chi connectivity index (χ1n) is 7.43. The average Bonchev–Trinajstić information content (AvgIpc) is 2.85. The second kappa shape index (κ2) is 5.75. The molecule has 1 aromatic heterocycles. The van der Waals surface area contributed by atoms with Crippen LogP contribution in [-0.4, -0.2) is 27.6 Å². The highest BCUT2D eigenvalue weighted by atomic mass is 16.2. The van der Waals surface area contributed by atoms with Crippen LogP contribution in [0.5, 0.6) is 0 Å². The molecule has 0 spiro atoms. The number of para-hydroxylation sites is 1. The molecule has 1 aliphatic heterocycles. The van der Waals surface area contributed by atoms with Gasteiger partial charge in [0.05, 0.1) is 23.1 Å². The number of carbonyl (C=O) groups is 2. The molecule has 1 unspecified atom stereocenters. The van der Waals surface area contributed by atoms with Gasteiger partial charge in [-0.2, -0.15) is 5.10 Å². The van der Waals surface area contributed by atoms with E-state index < -0.39 is 0 Å². The summed E-state index contributed by atoms with van der Waals surface area (Å²) in [5.74, 6) is -0.304. The summed E-state index contributed by atoms with van der Waals surface area (Å²) < 4.78 is 1.77. The zero-order chi connectivity index (χ0) is 16.6. The first-order valence-corrected chi connectivity index (χ1v) is 7.43. The second-order valence-corrected chi connectivity index (χ2v) is 5.64. The molecule has 3 N–H and O–H groups in total. The zero-order valence-corrected chi connectivity index (χ0v) is 13.3. The van der Waals surface area contributed by atoms with Crippen LogP contribution in [0.15, 0.2) is 24.4 Å². The van der Waals surface area contributed by atoms with E-state index in [2.05, 4.69) is 21.0 Å². The van der Waals surface area contributed by atoms with Gasteiger partial charge in [-0.05, 0) is 26.0 Å². The summed E-state index contributed by atoms with van der Waals surface area (Å²) >= 11 is 0. The summed E-state index contributed by atoms with van der Waals surface area (Å²) in [5.41, 5.74) is 3.77. The van der Waals surface area contributed by atoms with Crippen LogP contribution < -0.4 is 16.0 Å². The fraction of sp³-hybridized carbons (Fsp3) is 0.312. The first kappa shape index (κ1) is 15.1. The van der Waals surface area contributed by atoms with Crippen LogP contribution in [0.1, 0.15) is 28.5 Å². The van der Waals surface area contributed by atoms with Gasteiger partial charge in [-0.1, -0.05) is 6.07 Å². The molecule has 2 heterocycles. The maximum Gasteiger partial charge on any atom is 0.253 e. The van der Waals surface area contributed by atoms with Gasteiger partial charge in [0.15, 0.2) is 0 Å². The van der Waals surface area contributed by atoms with Crippen molar-refractivity contribution in [3.63, 3.8) is 0 Å². The third-order valence-electron chi connectivity index (χ3n) is 4.10. The van der Waals surface area contributed by atoms with Crippen LogP contribution in [0, 0.1) is 6.92 Å². The number of amides is 2. The van der Waals surface area contributed by atoms with E-state index in [1.54, 1.807) is 36.0 Å². The van der Waals surface area contributed by atoms with Crippen molar-refractivity contribution in [2.24, 2.45) is 7.05 Å². The molecule has 1 atom stereocenters. The summed E-state index contributed by atoms with van der Waals surface area (Å²) in [7, 11) is 1.86. The van der Waals surface area contributed by atoms with Crippen molar-refractivity contribution in [2.45, 2.75) is 26.4 Å². The van der Waals surface area contributed by atoms with E-state index in [1.165, 1.54) is 0 Å². The number of fused-ring (bicyclic) bond motifs is 1. The number of nitrogens with one attached hydrogen (secondary N) is 3. The molecule has 0 aliphatic carbocycles. The minimum absolute atomic E-state index is 0.110. The van der Waals surface area contributed by atoms with E-state index in [1.807, 2.05) is 14.0 Å². The largest absolute Gasteiger partial charge is 0.372 e. The van der Waals surface area contributed by atoms with Crippen molar-refractivity contribution >= 4 is 23.2 Å². The number of benzene rings is 1. The van der Waals surface area contributed by atoms with Gasteiger partial charge in [0, 0.05) is 24.8 Å². The van der Waals surface area contributed by atoms with E-state index in [0.29, 0.717) is 23.5 Å². The maximum absolute atomic E-state index is 12.5. The molecule has 2 aromatic rings. The molecule has 120 valence electrons. The van der Waals surface area contributed by atoms with Crippen LogP contribution in [0.25, 0.3) is 0 Å². The molecule has 7 nitrogen and oxygen atoms in total. The van der Waals surface area contributed by atoms with Gasteiger partial charge in [0.25, 0.3) is 5.91 Å². The van der Waals surface area contributed by atoms with Crippen LogP contribution in [0.4, 0.5) is 11.4 Å². The third-order valence-corrected chi connectivity index (χ3v) is 4.10. The van der Waals surface area contributed by atoms with E-state index in [0.717, 1.165) is 11.3 Å². The molecule has 0 saturated heterocycles. The van der Waals surface area contributed by atoms with Gasteiger partial charge in [0.1, 0.15) is 6.04 Å². The molecule has 23 heavy (non-hydrogen) atoms. The molecule has 1 aliphatic rings. The molecule has 3 rings (SSSR count). The van der Waals surface area contributed by atoms with E-state index in [9.17, 15) is 9.59 Å². The van der Waals surface area contributed by atoms with Crippen molar-refractivity contribution in [3.8, 4) is 0 Å². The van der Waals surface area contributed by atoms with Crippen LogP contribution in [0.3, 0.4) is 0 Å². The normalized spacial score (nSPS) is 16.3. The fourth-order valence-corrected chi connectivity index (χ4v) is 2.51. The number of anilines is 2. The molecule has 0 fully saturated rings. The zero-order valence-electron chi connectivity index (χ0n) is 13.3. The Balaban J connectivity index is 1.79. The summed E-state index contributed by atoms with van der Waals surface area (Å²) in [6.45, 7) is 4.12. The van der Waals surface area contributed by atoms with E-state index >= 15 is 0 Å². The molecule has 2 amide bonds. The third kappa shape index (κ3) is 2.77. The van der Waals surface area contributed by atoms with Gasteiger partial charge in [-0.15, -0.1) is 0 Å². The number of hydrogen-bond acceptors (Lipinski definition) is 4. The predicted molar refractivity (Wildman–Crippen MR) is 87.3 cm³/mol. The summed E-state index contributed by atoms with van der Waals surface area (Å²) in [6.07, 6.45) is 1.75. The molecule has 0 bridgehead atoms. The van der Waals surface area contributed by atoms with Crippen molar-refractivity contribution in [1.29, 1.82) is 0 Å². The van der Waals surface area contributed by atoms with Crippen LogP contribution in [0.2, 0.25) is 0 Å². The number of nitrogens with zero attached hydrogens (tertiary/aromatic N) is 2. The number of carbonyl (C=O) groups excluding carboxylic acids is 2. The Hall–Kier alpha value is -2.83. The summed E-state index contributed by atoms with van der Waals surface area (Å²) in [5, 5.41) is 12.9. The Kier molecular flexibility index (Phi) is 3.77. The van der Waals surface area contributed by atoms with Crippen molar-refractivity contribution in [1.82, 2.24) is 15.1 Å². The van der Waals surface area contributed by atoms with Gasteiger partial charge in [-0.25, -0.2) is 0 Å². The van der Waals surface area contributed by atoms with E-state index in [-0.39, 0.29) is 17.9 Å². The van der Waals surface area contributed by atoms with E-state index in [4.69, 9.17) is 0 Å². The van der Waals surface area contributed by atoms with Gasteiger partial charge >= 0.3 is 0 Å². The second-order valence-electron chi connectivity index (χ2n) is 5.64. The number of hydrogen-bond donors (Lipinski definition) is 3. The number of rotatable bonds is 3. The Morgan fingerprint density at radius 2 is 2.22 bits per heavy atom. The van der Waals surface area contributed by atoms with Crippen molar-refractivity contribution < 1.29 is 9.59 Å². The van der Waals surface area contributed by atoms with Gasteiger partial charge in [0.2, 0.25) is 5.91 Å². The highest BCUT2D eigenvalue weighted by molar-refractivity contribution is 6.09. The molecular formula is C16H19N5O2. The molecule has 0 saturated carbocycles. The van der Waals surface area contributed by atoms with Crippen LogP contribution in [-0.2, 0) is 18.4 Å². The SMILES string of the molecule is Cc1c(CNC(=O)c2cccc3c2NC(C)C(=O)N3)cnn1C. The van der Waals surface area contributed by atoms with Crippen molar-refractivity contribution in [2.75, 3.05) is 10.6 Å². The predicted octanol–water partition coefficient (Wildman–Crippen LogP) is 1.41. The van der Waals surface area contributed by atoms with Gasteiger partial charge in [-0.3, -0.25) is 14.3 Å². The van der Waals surface area contributed by atoms with Crippen LogP contribution >= 0.6 is 0 Å². The molecule has 7 heteroatoms. The lowest BCUT2D eigenvalue weighted by molar-refractivity contribution is -0.116. The quantitative estimate of drug-likeness (QED) is 0.799. The Labute approximate surface area is 134 Å². The lowest BCUT2D eigenvalue weighted by atomic mass is 10.1. The lowest BCUT2D eigenvalue weighted by Crippen LogP contribution is -2.37. The Bertz CT molecular complexity index is 781. The fourth-order valence-electron chi connectivity index (χ4n) is 2.51. The Morgan fingerprint density at radius 1 is 1.43 bits per heavy atom. The molecule has 1 aromatic carbocycles. The topological polar surface area (TPSA) is 88.1 Å². The Morgan fingerprint density at radius 3 is 2.91 bits per heavy atom. The molecule has 0 radical (unpaired) electrons. The minimum Gasteiger partial charge on any atom is -0.372 e. The maximum atomic E-state index is 12.5. The highest BCUT2D eigenvalue weighted by Gasteiger charge is 2.25. The average molecular weight is 313 g/mol. The number of aromatic nitrogens is 2. The lowest BCUT2D eigenvalue weighted by Gasteiger charge is -2.26. The highest BCUT2D eigenvalue weighted by Crippen LogP contribution is 2.30. The summed E-state index contributed by atoms with van der Waals surface area (Å²) in [6, 6.07) is 4.88. The standard InChI is InChI=1S/C16H19N5O2/c1-9-15(22)20-13-6-4-5-12(14(13)19-9)16(23)17-7-11-8-18-21(3)10(11)2/h4-6,8-9,19H,7H2,1-3H3,(H,17,23)(H,20,22).